The highest BCUT2D eigenvalue weighted by Gasteiger charge is 1.97. The van der Waals surface area contributed by atoms with Crippen LogP contribution in [-0.2, 0) is 4.84 Å². The van der Waals surface area contributed by atoms with Crippen molar-refractivity contribution < 1.29 is 13.6 Å². The molecule has 0 aromatic carbocycles. The average molecular weight is 125 g/mol. The number of halogens is 2. The second-order valence-electron chi connectivity index (χ2n) is 0.882. The van der Waals surface area contributed by atoms with Crippen molar-refractivity contribution in [3.05, 3.63) is 0 Å². The summed E-state index contributed by atoms with van der Waals surface area (Å²) in [6.07, 6.45) is 0. The smallest absolute Gasteiger partial charge is 0.367 e. The molecule has 0 aromatic heterocycles. The molecule has 0 heterocycles. The standard InChI is InChI=1S/C2H5F2N3O/c3-1(4)8-7-2(5)6/h1H,(H4,5,6,7). The molecule has 0 unspecified atom stereocenters. The number of guanidine groups is 1. The SMILES string of the molecule is NC(N)=NOC(F)F. The lowest BCUT2D eigenvalue weighted by Crippen LogP contribution is -2.23. The lowest BCUT2D eigenvalue weighted by molar-refractivity contribution is -0.128. The normalized spacial score (nSPS) is 8.88. The van der Waals surface area contributed by atoms with E-state index in [4.69, 9.17) is 0 Å². The van der Waals surface area contributed by atoms with Gasteiger partial charge in [0.15, 0.2) is 0 Å². The van der Waals surface area contributed by atoms with Crippen LogP contribution in [0.15, 0.2) is 5.16 Å². The molecule has 0 aliphatic carbocycles. The van der Waals surface area contributed by atoms with Gasteiger partial charge in [0.1, 0.15) is 0 Å². The summed E-state index contributed by atoms with van der Waals surface area (Å²) in [5.41, 5.74) is 9.22. The van der Waals surface area contributed by atoms with E-state index in [0.29, 0.717) is 0 Å². The third-order valence-corrected chi connectivity index (χ3v) is 0.238. The molecule has 0 fully saturated rings. The number of hydrogen-bond acceptors (Lipinski definition) is 2. The van der Waals surface area contributed by atoms with Crippen LogP contribution in [0.5, 0.6) is 0 Å². The van der Waals surface area contributed by atoms with Gasteiger partial charge in [-0.15, -0.1) is 0 Å². The Morgan fingerprint density at radius 1 is 1.50 bits per heavy atom. The Bertz CT molecular complexity index is 89.3. The Hall–Kier alpha value is -1.07. The summed E-state index contributed by atoms with van der Waals surface area (Å²) in [4.78, 5) is 3.31. The van der Waals surface area contributed by atoms with Gasteiger partial charge in [-0.2, -0.15) is 8.78 Å². The quantitative estimate of drug-likeness (QED) is 0.294. The topological polar surface area (TPSA) is 73.6 Å². The van der Waals surface area contributed by atoms with Gasteiger partial charge in [0.25, 0.3) is 0 Å². The monoisotopic (exact) mass is 125 g/mol. The molecule has 8 heavy (non-hydrogen) atoms. The molecule has 0 spiro atoms. The molecule has 48 valence electrons. The second-order valence-corrected chi connectivity index (χ2v) is 0.882. The maximum absolute atomic E-state index is 11.0. The zero-order valence-electron chi connectivity index (χ0n) is 3.84. The van der Waals surface area contributed by atoms with Gasteiger partial charge in [0.05, 0.1) is 0 Å². The minimum Gasteiger partial charge on any atom is -0.367 e. The zero-order chi connectivity index (χ0) is 6.57. The fourth-order valence-corrected chi connectivity index (χ4v) is 0.101. The Kier molecular flexibility index (Phi) is 2.60. The first kappa shape index (κ1) is 6.93. The highest BCUT2D eigenvalue weighted by atomic mass is 19.3. The van der Waals surface area contributed by atoms with E-state index in [-0.39, 0.29) is 0 Å². The van der Waals surface area contributed by atoms with Gasteiger partial charge in [-0.1, -0.05) is 0 Å². The maximum atomic E-state index is 11.0. The van der Waals surface area contributed by atoms with Gasteiger partial charge in [-0.05, 0) is 5.16 Å². The molecule has 0 aliphatic rings. The number of hydrogen-bond donors (Lipinski definition) is 2. The van der Waals surface area contributed by atoms with Crippen LogP contribution >= 0.6 is 0 Å². The first-order chi connectivity index (χ1) is 3.63. The summed E-state index contributed by atoms with van der Waals surface area (Å²) in [5, 5.41) is 2.55. The van der Waals surface area contributed by atoms with Crippen molar-refractivity contribution in [2.24, 2.45) is 16.6 Å². The second kappa shape index (κ2) is 3.00. The number of nitrogens with two attached hydrogens (primary N) is 2. The Balaban J connectivity index is 3.29. The van der Waals surface area contributed by atoms with Gasteiger partial charge >= 0.3 is 6.61 Å². The number of alkyl halides is 2. The molecule has 0 atom stereocenters. The van der Waals surface area contributed by atoms with Crippen molar-refractivity contribution in [2.75, 3.05) is 0 Å². The molecule has 0 bridgehead atoms. The predicted octanol–water partition coefficient (Wildman–Crippen LogP) is -0.586. The highest BCUT2D eigenvalue weighted by molar-refractivity contribution is 5.74. The average Bonchev–Trinajstić information content (AvgIpc) is 1.61. The van der Waals surface area contributed by atoms with E-state index in [1.807, 2.05) is 0 Å². The van der Waals surface area contributed by atoms with E-state index in [0.717, 1.165) is 0 Å². The third kappa shape index (κ3) is 4.93. The van der Waals surface area contributed by atoms with Gasteiger partial charge in [-0.25, -0.2) is 0 Å². The van der Waals surface area contributed by atoms with Crippen molar-refractivity contribution in [3.8, 4) is 0 Å². The summed E-state index contributed by atoms with van der Waals surface area (Å²) in [6.45, 7) is -2.96. The minimum atomic E-state index is -2.96. The number of rotatable bonds is 2. The van der Waals surface area contributed by atoms with E-state index >= 15 is 0 Å². The molecule has 0 rings (SSSR count). The van der Waals surface area contributed by atoms with Crippen LogP contribution in [0, 0.1) is 0 Å². The Morgan fingerprint density at radius 2 is 2.00 bits per heavy atom. The van der Waals surface area contributed by atoms with E-state index in [9.17, 15) is 8.78 Å². The lowest BCUT2D eigenvalue weighted by atomic mass is 11.1. The molecule has 0 saturated carbocycles. The fraction of sp³-hybridized carbons (Fsp3) is 0.500. The van der Waals surface area contributed by atoms with Crippen LogP contribution in [0.25, 0.3) is 0 Å². The summed E-state index contributed by atoms with van der Waals surface area (Å²) < 4.78 is 21.9. The zero-order valence-corrected chi connectivity index (χ0v) is 3.84. The largest absolute Gasteiger partial charge is 0.407 e. The van der Waals surface area contributed by atoms with E-state index < -0.39 is 12.6 Å². The summed E-state index contributed by atoms with van der Waals surface area (Å²) in [6, 6.07) is 0. The Labute approximate surface area is 44.1 Å². The molecule has 0 aromatic rings. The van der Waals surface area contributed by atoms with Crippen LogP contribution in [-0.4, -0.2) is 12.6 Å². The lowest BCUT2D eigenvalue weighted by Gasteiger charge is -1.92. The van der Waals surface area contributed by atoms with Crippen molar-refractivity contribution >= 4 is 5.96 Å². The molecule has 4 N–H and O–H groups in total. The molecular weight excluding hydrogens is 120 g/mol. The van der Waals surface area contributed by atoms with E-state index in [1.165, 1.54) is 0 Å². The van der Waals surface area contributed by atoms with Gasteiger partial charge in [0, 0.05) is 0 Å². The molecule has 0 amide bonds. The summed E-state index contributed by atoms with van der Waals surface area (Å²) >= 11 is 0. The highest BCUT2D eigenvalue weighted by Crippen LogP contribution is 1.92. The van der Waals surface area contributed by atoms with Gasteiger partial charge in [0.2, 0.25) is 5.96 Å². The molecule has 0 saturated heterocycles. The van der Waals surface area contributed by atoms with Crippen LogP contribution in [0.2, 0.25) is 0 Å². The van der Waals surface area contributed by atoms with Crippen LogP contribution in [0.1, 0.15) is 0 Å². The van der Waals surface area contributed by atoms with Crippen molar-refractivity contribution in [3.63, 3.8) is 0 Å². The first-order valence-electron chi connectivity index (χ1n) is 1.66. The van der Waals surface area contributed by atoms with Crippen LogP contribution in [0.4, 0.5) is 8.78 Å². The molecule has 0 aliphatic heterocycles. The fourth-order valence-electron chi connectivity index (χ4n) is 0.101. The van der Waals surface area contributed by atoms with E-state index in [2.05, 4.69) is 21.5 Å². The predicted molar refractivity (Wildman–Crippen MR) is 22.9 cm³/mol. The third-order valence-electron chi connectivity index (χ3n) is 0.238. The number of nitrogens with zero attached hydrogens (tertiary/aromatic N) is 1. The summed E-state index contributed by atoms with van der Waals surface area (Å²) in [7, 11) is 0. The molecular formula is C2H5F2N3O. The van der Waals surface area contributed by atoms with Crippen molar-refractivity contribution in [2.45, 2.75) is 6.61 Å². The number of oxime groups is 1. The van der Waals surface area contributed by atoms with Crippen LogP contribution < -0.4 is 11.5 Å². The molecule has 0 radical (unpaired) electrons. The van der Waals surface area contributed by atoms with E-state index in [1.54, 1.807) is 0 Å². The summed E-state index contributed by atoms with van der Waals surface area (Å²) in [5.74, 6) is -0.523. The van der Waals surface area contributed by atoms with Crippen molar-refractivity contribution in [1.29, 1.82) is 0 Å². The maximum Gasteiger partial charge on any atom is 0.407 e. The molecule has 6 heteroatoms. The molecule has 4 nitrogen and oxygen atoms in total. The van der Waals surface area contributed by atoms with Crippen LogP contribution in [0.3, 0.4) is 0 Å². The van der Waals surface area contributed by atoms with Gasteiger partial charge in [-0.3, -0.25) is 0 Å². The Morgan fingerprint density at radius 3 is 2.12 bits per heavy atom. The minimum absolute atomic E-state index is 0.523. The first-order valence-corrected chi connectivity index (χ1v) is 1.66. The van der Waals surface area contributed by atoms with Crippen molar-refractivity contribution in [1.82, 2.24) is 0 Å². The van der Waals surface area contributed by atoms with Gasteiger partial charge < -0.3 is 16.3 Å².